The maximum absolute atomic E-state index is 14.0. The predicted molar refractivity (Wildman–Crippen MR) is 93.5 cm³/mol. The Morgan fingerprint density at radius 2 is 2.17 bits per heavy atom. The molecule has 1 aromatic heterocycles. The van der Waals surface area contributed by atoms with Gasteiger partial charge >= 0.3 is 5.97 Å². The van der Waals surface area contributed by atoms with E-state index >= 15 is 0 Å². The first-order chi connectivity index (χ1) is 11.3. The van der Waals surface area contributed by atoms with Crippen LogP contribution in [0.5, 0.6) is 0 Å². The zero-order valence-corrected chi connectivity index (χ0v) is 14.6. The number of benzene rings is 1. The molecule has 0 saturated carbocycles. The summed E-state index contributed by atoms with van der Waals surface area (Å²) in [6.45, 7) is 4.64. The fourth-order valence-electron chi connectivity index (χ4n) is 3.35. The zero-order chi connectivity index (χ0) is 17.5. The molecule has 0 amide bonds. The Morgan fingerprint density at radius 3 is 2.83 bits per heavy atom. The molecular formula is C18H21FN2O2S. The molecule has 0 spiro atoms. The molecule has 0 unspecified atom stereocenters. The summed E-state index contributed by atoms with van der Waals surface area (Å²) in [7, 11) is 0. The number of hydrogen-bond acceptors (Lipinski definition) is 4. The van der Waals surface area contributed by atoms with E-state index in [-0.39, 0.29) is 11.2 Å². The topological polar surface area (TPSA) is 75.3 Å². The second kappa shape index (κ2) is 6.27. The highest BCUT2D eigenvalue weighted by molar-refractivity contribution is 7.16. The molecule has 0 saturated heterocycles. The number of rotatable bonds is 4. The molecule has 1 aliphatic rings. The third-order valence-electron chi connectivity index (χ3n) is 4.51. The lowest BCUT2D eigenvalue weighted by Crippen LogP contribution is -2.22. The minimum Gasteiger partial charge on any atom is -0.478 e. The number of carboxylic acid groups (broad SMARTS) is 1. The number of hydrogen-bond donors (Lipinski definition) is 3. The first-order valence-corrected chi connectivity index (χ1v) is 8.73. The van der Waals surface area contributed by atoms with Gasteiger partial charge in [-0.05, 0) is 59.6 Å². The number of nitrogens with one attached hydrogen (secondary N) is 1. The quantitative estimate of drug-likeness (QED) is 0.581. The number of hydrazine groups is 1. The average Bonchev–Trinajstić information content (AvgIpc) is 2.84. The van der Waals surface area contributed by atoms with Gasteiger partial charge in [0.15, 0.2) is 0 Å². The normalized spacial score (nSPS) is 16.0. The van der Waals surface area contributed by atoms with E-state index in [4.69, 9.17) is 5.84 Å². The molecule has 128 valence electrons. The van der Waals surface area contributed by atoms with Crippen molar-refractivity contribution in [2.45, 2.75) is 39.7 Å². The van der Waals surface area contributed by atoms with Crippen molar-refractivity contribution in [1.82, 2.24) is 5.43 Å². The van der Waals surface area contributed by atoms with Gasteiger partial charge < -0.3 is 5.11 Å². The highest BCUT2D eigenvalue weighted by atomic mass is 32.1. The van der Waals surface area contributed by atoms with Crippen LogP contribution in [0.1, 0.15) is 46.6 Å². The van der Waals surface area contributed by atoms with Crippen LogP contribution >= 0.6 is 11.3 Å². The number of thiophene rings is 1. The van der Waals surface area contributed by atoms with Gasteiger partial charge in [-0.25, -0.2) is 9.18 Å². The van der Waals surface area contributed by atoms with Crippen molar-refractivity contribution >= 4 is 17.3 Å². The average molecular weight is 348 g/mol. The van der Waals surface area contributed by atoms with Crippen molar-refractivity contribution in [3.63, 3.8) is 0 Å². The Kier molecular flexibility index (Phi) is 4.46. The maximum Gasteiger partial charge on any atom is 0.337 e. The monoisotopic (exact) mass is 348 g/mol. The number of nitrogens with two attached hydrogens (primary N) is 1. The molecular weight excluding hydrogens is 327 g/mol. The van der Waals surface area contributed by atoms with Gasteiger partial charge in [0.05, 0.1) is 5.56 Å². The second-order valence-corrected chi connectivity index (χ2v) is 8.19. The van der Waals surface area contributed by atoms with Crippen LogP contribution in [0.3, 0.4) is 0 Å². The first kappa shape index (κ1) is 17.1. The lowest BCUT2D eigenvalue weighted by Gasteiger charge is -2.29. The van der Waals surface area contributed by atoms with E-state index in [9.17, 15) is 14.3 Å². The third kappa shape index (κ3) is 3.22. The minimum absolute atomic E-state index is 0.0894. The van der Waals surface area contributed by atoms with E-state index < -0.39 is 5.97 Å². The number of fused-ring (bicyclic) bond motifs is 1. The molecule has 0 radical (unpaired) electrons. The molecule has 0 aliphatic heterocycles. The van der Waals surface area contributed by atoms with E-state index in [0.717, 1.165) is 29.7 Å². The first-order valence-electron chi connectivity index (χ1n) is 7.92. The largest absolute Gasteiger partial charge is 0.478 e. The molecule has 24 heavy (non-hydrogen) atoms. The van der Waals surface area contributed by atoms with Crippen LogP contribution in [0.4, 0.5) is 4.39 Å². The van der Waals surface area contributed by atoms with Gasteiger partial charge in [0, 0.05) is 16.3 Å². The summed E-state index contributed by atoms with van der Waals surface area (Å²) in [6, 6.07) is 4.60. The van der Waals surface area contributed by atoms with Gasteiger partial charge in [0.1, 0.15) is 5.82 Å². The number of carboxylic acids is 1. The van der Waals surface area contributed by atoms with Crippen molar-refractivity contribution < 1.29 is 14.3 Å². The summed E-state index contributed by atoms with van der Waals surface area (Å²) >= 11 is 1.48. The lowest BCUT2D eigenvalue weighted by atomic mass is 9.76. The Hall–Kier alpha value is -1.76. The van der Waals surface area contributed by atoms with Crippen LogP contribution in [0.25, 0.3) is 10.4 Å². The van der Waals surface area contributed by atoms with Gasteiger partial charge in [-0.15, -0.1) is 11.3 Å². The van der Waals surface area contributed by atoms with E-state index in [1.807, 2.05) is 0 Å². The number of carbonyl (C=O) groups is 1. The molecule has 0 bridgehead atoms. The van der Waals surface area contributed by atoms with E-state index in [0.29, 0.717) is 28.1 Å². The van der Waals surface area contributed by atoms with Crippen molar-refractivity contribution in [3.8, 4) is 10.4 Å². The Balaban J connectivity index is 2.16. The fraction of sp³-hybridized carbons (Fsp3) is 0.389. The summed E-state index contributed by atoms with van der Waals surface area (Å²) in [5.41, 5.74) is 5.14. The Morgan fingerprint density at radius 1 is 1.42 bits per heavy atom. The highest BCUT2D eigenvalue weighted by Crippen LogP contribution is 2.45. The van der Waals surface area contributed by atoms with E-state index in [1.54, 1.807) is 6.07 Å². The van der Waals surface area contributed by atoms with Crippen LogP contribution in [0.2, 0.25) is 0 Å². The molecule has 2 aromatic rings. The van der Waals surface area contributed by atoms with Crippen LogP contribution < -0.4 is 11.3 Å². The summed E-state index contributed by atoms with van der Waals surface area (Å²) in [4.78, 5) is 13.7. The van der Waals surface area contributed by atoms with Gasteiger partial charge in [0.2, 0.25) is 0 Å². The van der Waals surface area contributed by atoms with Gasteiger partial charge in [0.25, 0.3) is 0 Å². The smallest absolute Gasteiger partial charge is 0.337 e. The lowest BCUT2D eigenvalue weighted by molar-refractivity contribution is 0.0696. The van der Waals surface area contributed by atoms with Crippen molar-refractivity contribution in [2.75, 3.05) is 0 Å². The van der Waals surface area contributed by atoms with Crippen molar-refractivity contribution in [2.24, 2.45) is 11.3 Å². The summed E-state index contributed by atoms with van der Waals surface area (Å²) in [6.07, 6.45) is 2.65. The third-order valence-corrected chi connectivity index (χ3v) is 5.86. The molecule has 0 fully saturated rings. The molecule has 6 heteroatoms. The van der Waals surface area contributed by atoms with Crippen molar-refractivity contribution in [1.29, 1.82) is 0 Å². The predicted octanol–water partition coefficient (Wildman–Crippen LogP) is 3.73. The number of halogens is 1. The molecule has 0 atom stereocenters. The van der Waals surface area contributed by atoms with E-state index in [2.05, 4.69) is 19.3 Å². The van der Waals surface area contributed by atoms with E-state index in [1.165, 1.54) is 23.5 Å². The Labute approximate surface area is 144 Å². The standard InChI is InChI=1S/C18H21FN2O2S/c1-18(2)4-3-14-13(8-18)15(17(22)23)16(24-14)11-5-10(9-21-20)6-12(19)7-11/h5-7,21H,3-4,8-9,20H2,1-2H3,(H,22,23). The SMILES string of the molecule is CC1(C)CCc2sc(-c3cc(F)cc(CNN)c3)c(C(=O)O)c2C1. The van der Waals surface area contributed by atoms with Crippen LogP contribution in [-0.2, 0) is 19.4 Å². The summed E-state index contributed by atoms with van der Waals surface area (Å²) < 4.78 is 14.0. The van der Waals surface area contributed by atoms with Crippen LogP contribution in [0.15, 0.2) is 18.2 Å². The van der Waals surface area contributed by atoms with Gasteiger partial charge in [-0.2, -0.15) is 0 Å². The molecule has 3 rings (SSSR count). The summed E-state index contributed by atoms with van der Waals surface area (Å²) in [5.74, 6) is 3.99. The molecule has 1 aromatic carbocycles. The van der Waals surface area contributed by atoms with Crippen LogP contribution in [-0.4, -0.2) is 11.1 Å². The highest BCUT2D eigenvalue weighted by Gasteiger charge is 2.33. The molecule has 1 heterocycles. The van der Waals surface area contributed by atoms with Gasteiger partial charge in [-0.1, -0.05) is 13.8 Å². The molecule has 4 N–H and O–H groups in total. The summed E-state index contributed by atoms with van der Waals surface area (Å²) in [5, 5.41) is 9.76. The maximum atomic E-state index is 14.0. The second-order valence-electron chi connectivity index (χ2n) is 7.08. The number of aromatic carboxylic acids is 1. The van der Waals surface area contributed by atoms with Crippen molar-refractivity contribution in [3.05, 3.63) is 45.6 Å². The molecule has 4 nitrogen and oxygen atoms in total. The minimum atomic E-state index is -0.942. The molecule has 1 aliphatic carbocycles. The van der Waals surface area contributed by atoms with Crippen LogP contribution in [0, 0.1) is 11.2 Å². The zero-order valence-electron chi connectivity index (χ0n) is 13.8. The van der Waals surface area contributed by atoms with Gasteiger partial charge in [-0.3, -0.25) is 11.3 Å². The number of aryl methyl sites for hydroxylation is 1. The Bertz CT molecular complexity index is 799. The fourth-order valence-corrected chi connectivity index (χ4v) is 4.65.